The number of ether oxygens (including phenoxy) is 2. The number of benzene rings is 2. The van der Waals surface area contributed by atoms with Crippen LogP contribution in [0.1, 0.15) is 18.1 Å². The third-order valence-corrected chi connectivity index (χ3v) is 3.75. The quantitative estimate of drug-likeness (QED) is 0.638. The van der Waals surface area contributed by atoms with E-state index in [4.69, 9.17) is 14.7 Å². The predicted octanol–water partition coefficient (Wildman–Crippen LogP) is 4.42. The molecule has 7 nitrogen and oxygen atoms in total. The van der Waals surface area contributed by atoms with Crippen LogP contribution in [0, 0.1) is 11.3 Å². The van der Waals surface area contributed by atoms with Gasteiger partial charge in [-0.05, 0) is 25.1 Å². The normalized spacial score (nSPS) is 10.8. The highest BCUT2D eigenvalue weighted by Crippen LogP contribution is 2.31. The van der Waals surface area contributed by atoms with E-state index in [0.717, 1.165) is 0 Å². The minimum atomic E-state index is -1.06. The summed E-state index contributed by atoms with van der Waals surface area (Å²) in [4.78, 5) is 19.5. The second-order valence-corrected chi connectivity index (χ2v) is 5.51. The molecule has 0 amide bonds. The lowest BCUT2D eigenvalue weighted by atomic mass is 10.0. The number of hydrogen-bond acceptors (Lipinski definition) is 6. The fourth-order valence-corrected chi connectivity index (χ4v) is 2.48. The second-order valence-electron chi connectivity index (χ2n) is 5.51. The Labute approximate surface area is 161 Å². The average molecular weight is 373 g/mol. The molecule has 1 heterocycles. The monoisotopic (exact) mass is 373 g/mol. The maximum Gasteiger partial charge on any atom is 0.336 e. The number of aliphatic carboxylic acids is 1. The van der Waals surface area contributed by atoms with Crippen LogP contribution in [-0.2, 0) is 4.79 Å². The van der Waals surface area contributed by atoms with Gasteiger partial charge in [-0.3, -0.25) is 0 Å². The Morgan fingerprint density at radius 3 is 2.29 bits per heavy atom. The minimum absolute atomic E-state index is 0.115. The average Bonchev–Trinajstić information content (AvgIpc) is 2.70. The molecule has 0 radical (unpaired) electrons. The van der Waals surface area contributed by atoms with Crippen LogP contribution in [0.25, 0.3) is 5.57 Å². The Morgan fingerprint density at radius 1 is 1.04 bits per heavy atom. The van der Waals surface area contributed by atoms with Gasteiger partial charge in [0.25, 0.3) is 0 Å². The number of carbonyl (C=O) groups is 1. The third-order valence-electron chi connectivity index (χ3n) is 3.75. The number of allylic oxidation sites excluding steroid dienone is 1. The number of aromatic nitrogens is 2. The molecule has 138 valence electrons. The van der Waals surface area contributed by atoms with Crippen molar-refractivity contribution in [3.05, 3.63) is 78.1 Å². The number of carboxylic acids is 1. The van der Waals surface area contributed by atoms with Crippen molar-refractivity contribution in [2.75, 3.05) is 0 Å². The molecular formula is C21H15N3O4. The highest BCUT2D eigenvalue weighted by atomic mass is 16.5. The topological polar surface area (TPSA) is 105 Å². The molecule has 28 heavy (non-hydrogen) atoms. The summed E-state index contributed by atoms with van der Waals surface area (Å²) in [5.74, 6) is -0.00187. The molecule has 0 aliphatic heterocycles. The Balaban J connectivity index is 1.89. The van der Waals surface area contributed by atoms with Crippen molar-refractivity contribution < 1.29 is 19.4 Å². The zero-order valence-electron chi connectivity index (χ0n) is 14.9. The largest absolute Gasteiger partial charge is 0.478 e. The SMILES string of the molecule is CC=C(C(=O)O)c1ccccc1Oc1cc(Oc2ccccc2C#N)ncn1. The third kappa shape index (κ3) is 4.14. The first kappa shape index (κ1) is 18.6. The van der Waals surface area contributed by atoms with Gasteiger partial charge in [-0.25, -0.2) is 14.8 Å². The van der Waals surface area contributed by atoms with E-state index in [1.54, 1.807) is 55.5 Å². The maximum atomic E-state index is 11.5. The van der Waals surface area contributed by atoms with E-state index in [0.29, 0.717) is 22.6 Å². The molecule has 0 atom stereocenters. The number of rotatable bonds is 6. The Bertz CT molecular complexity index is 1090. The van der Waals surface area contributed by atoms with Gasteiger partial charge in [0.05, 0.1) is 17.2 Å². The summed E-state index contributed by atoms with van der Waals surface area (Å²) >= 11 is 0. The first-order valence-electron chi connectivity index (χ1n) is 8.28. The molecule has 0 aliphatic rings. The van der Waals surface area contributed by atoms with Crippen LogP contribution in [0.3, 0.4) is 0 Å². The number of para-hydroxylation sites is 2. The van der Waals surface area contributed by atoms with E-state index in [9.17, 15) is 9.90 Å². The van der Waals surface area contributed by atoms with Crippen LogP contribution in [-0.4, -0.2) is 21.0 Å². The summed E-state index contributed by atoms with van der Waals surface area (Å²) in [7, 11) is 0. The molecule has 0 aliphatic carbocycles. The molecular weight excluding hydrogens is 358 g/mol. The molecule has 2 aromatic carbocycles. The predicted molar refractivity (Wildman–Crippen MR) is 101 cm³/mol. The summed E-state index contributed by atoms with van der Waals surface area (Å²) < 4.78 is 11.4. The van der Waals surface area contributed by atoms with Gasteiger partial charge in [-0.15, -0.1) is 0 Å². The Morgan fingerprint density at radius 2 is 1.64 bits per heavy atom. The second kappa shape index (κ2) is 8.47. The lowest BCUT2D eigenvalue weighted by Crippen LogP contribution is -2.02. The highest BCUT2D eigenvalue weighted by Gasteiger charge is 2.15. The molecule has 0 fully saturated rings. The van der Waals surface area contributed by atoms with Gasteiger partial charge >= 0.3 is 5.97 Å². The first-order valence-corrected chi connectivity index (χ1v) is 8.28. The number of nitriles is 1. The summed E-state index contributed by atoms with van der Waals surface area (Å²) in [6.45, 7) is 1.64. The number of carboxylic acid groups (broad SMARTS) is 1. The lowest BCUT2D eigenvalue weighted by molar-refractivity contribution is -0.130. The first-order chi connectivity index (χ1) is 13.6. The maximum absolute atomic E-state index is 11.5. The summed E-state index contributed by atoms with van der Waals surface area (Å²) in [6, 6.07) is 17.0. The molecule has 1 aromatic heterocycles. The van der Waals surface area contributed by atoms with Gasteiger partial charge in [0, 0.05) is 5.56 Å². The van der Waals surface area contributed by atoms with Crippen molar-refractivity contribution in [2.45, 2.75) is 6.92 Å². The number of hydrogen-bond donors (Lipinski definition) is 1. The van der Waals surface area contributed by atoms with E-state index in [1.165, 1.54) is 18.5 Å². The van der Waals surface area contributed by atoms with E-state index in [1.807, 2.05) is 6.07 Å². The molecule has 3 aromatic rings. The van der Waals surface area contributed by atoms with Gasteiger partial charge in [-0.2, -0.15) is 5.26 Å². The van der Waals surface area contributed by atoms with E-state index >= 15 is 0 Å². The summed E-state index contributed by atoms with van der Waals surface area (Å²) in [5, 5.41) is 18.5. The molecule has 0 unspecified atom stereocenters. The standard InChI is InChI=1S/C21H15N3O4/c1-2-15(21(25)26)16-8-4-6-10-18(16)28-20-11-19(23-13-24-20)27-17-9-5-3-7-14(17)12-22/h2-11,13H,1H3,(H,25,26). The van der Waals surface area contributed by atoms with Crippen LogP contribution >= 0.6 is 0 Å². The summed E-state index contributed by atoms with van der Waals surface area (Å²) in [6.07, 6.45) is 2.76. The van der Waals surface area contributed by atoms with Crippen LogP contribution in [0.15, 0.2) is 67.0 Å². The van der Waals surface area contributed by atoms with Crippen LogP contribution < -0.4 is 9.47 Å². The van der Waals surface area contributed by atoms with Crippen molar-refractivity contribution in [1.29, 1.82) is 5.26 Å². The van der Waals surface area contributed by atoms with Crippen molar-refractivity contribution in [3.63, 3.8) is 0 Å². The molecule has 0 saturated carbocycles. The fraction of sp³-hybridized carbons (Fsp3) is 0.0476. The molecule has 0 saturated heterocycles. The zero-order valence-corrected chi connectivity index (χ0v) is 14.9. The Hall–Kier alpha value is -4.18. The summed E-state index contributed by atoms with van der Waals surface area (Å²) in [5.41, 5.74) is 0.908. The van der Waals surface area contributed by atoms with Gasteiger partial charge in [0.15, 0.2) is 0 Å². The molecule has 0 spiro atoms. The van der Waals surface area contributed by atoms with Crippen molar-refractivity contribution in [1.82, 2.24) is 9.97 Å². The van der Waals surface area contributed by atoms with E-state index in [-0.39, 0.29) is 17.3 Å². The zero-order chi connectivity index (χ0) is 19.9. The van der Waals surface area contributed by atoms with Crippen LogP contribution in [0.5, 0.6) is 23.3 Å². The van der Waals surface area contributed by atoms with E-state index in [2.05, 4.69) is 9.97 Å². The molecule has 3 rings (SSSR count). The van der Waals surface area contributed by atoms with Crippen molar-refractivity contribution in [3.8, 4) is 29.3 Å². The van der Waals surface area contributed by atoms with Crippen molar-refractivity contribution >= 4 is 11.5 Å². The van der Waals surface area contributed by atoms with Gasteiger partial charge in [0.1, 0.15) is 23.9 Å². The highest BCUT2D eigenvalue weighted by molar-refractivity contribution is 6.16. The van der Waals surface area contributed by atoms with Gasteiger partial charge in [-0.1, -0.05) is 36.4 Å². The molecule has 0 bridgehead atoms. The van der Waals surface area contributed by atoms with Crippen molar-refractivity contribution in [2.24, 2.45) is 0 Å². The smallest absolute Gasteiger partial charge is 0.336 e. The molecule has 1 N–H and O–H groups in total. The molecule has 7 heteroatoms. The Kier molecular flexibility index (Phi) is 5.63. The van der Waals surface area contributed by atoms with Crippen LogP contribution in [0.2, 0.25) is 0 Å². The lowest BCUT2D eigenvalue weighted by Gasteiger charge is -2.11. The minimum Gasteiger partial charge on any atom is -0.478 e. The van der Waals surface area contributed by atoms with Gasteiger partial charge in [0.2, 0.25) is 11.8 Å². The van der Waals surface area contributed by atoms with Gasteiger partial charge < -0.3 is 14.6 Å². The number of nitrogens with zero attached hydrogens (tertiary/aromatic N) is 3. The van der Waals surface area contributed by atoms with Crippen LogP contribution in [0.4, 0.5) is 0 Å². The van der Waals surface area contributed by atoms with E-state index < -0.39 is 5.97 Å². The fourth-order valence-electron chi connectivity index (χ4n) is 2.48.